The van der Waals surface area contributed by atoms with E-state index in [1.807, 2.05) is 30.3 Å². The van der Waals surface area contributed by atoms with Crippen LogP contribution in [-0.4, -0.2) is 16.7 Å². The first-order chi connectivity index (χ1) is 8.29. The molecule has 0 spiro atoms. The molecule has 0 amide bonds. The third kappa shape index (κ3) is 3.32. The second-order valence-corrected chi connectivity index (χ2v) is 4.40. The quantitative estimate of drug-likeness (QED) is 0.799. The first kappa shape index (κ1) is 12.1. The van der Waals surface area contributed by atoms with Crippen molar-refractivity contribution in [2.75, 3.05) is 6.54 Å². The summed E-state index contributed by atoms with van der Waals surface area (Å²) in [5, 5.41) is 11.4. The lowest BCUT2D eigenvalue weighted by molar-refractivity contribution is 0.662. The molecule has 0 unspecified atom stereocenters. The molecule has 1 aromatic heterocycles. The first-order valence-corrected chi connectivity index (χ1v) is 6.18. The van der Waals surface area contributed by atoms with Crippen LogP contribution in [0, 0.1) is 0 Å². The molecule has 0 aliphatic carbocycles. The Morgan fingerprint density at radius 2 is 2.24 bits per heavy atom. The van der Waals surface area contributed by atoms with Crippen molar-refractivity contribution in [1.29, 1.82) is 0 Å². The molecule has 1 aromatic carbocycles. The van der Waals surface area contributed by atoms with Gasteiger partial charge in [0.1, 0.15) is 0 Å². The van der Waals surface area contributed by atoms with Crippen LogP contribution in [0.2, 0.25) is 5.02 Å². The zero-order valence-electron chi connectivity index (χ0n) is 9.83. The molecule has 17 heavy (non-hydrogen) atoms. The molecule has 0 radical (unpaired) electrons. The standard InChI is InChI=1S/C13H16ClN3/c1-2-6-15-9-12-8-13(17-16-12)10-4-3-5-11(14)7-10/h3-5,7-8,15H,2,6,9H2,1H3,(H,16,17). The molecule has 2 N–H and O–H groups in total. The number of H-pyrrole nitrogens is 1. The average Bonchev–Trinajstić information content (AvgIpc) is 2.78. The van der Waals surface area contributed by atoms with Gasteiger partial charge in [-0.15, -0.1) is 0 Å². The highest BCUT2D eigenvalue weighted by Crippen LogP contribution is 2.21. The molecule has 0 aliphatic heterocycles. The minimum Gasteiger partial charge on any atom is -0.311 e. The van der Waals surface area contributed by atoms with Gasteiger partial charge < -0.3 is 5.32 Å². The molecule has 0 saturated heterocycles. The van der Waals surface area contributed by atoms with E-state index in [-0.39, 0.29) is 0 Å². The Kier molecular flexibility index (Phi) is 4.18. The molecular formula is C13H16ClN3. The van der Waals surface area contributed by atoms with Gasteiger partial charge in [0.25, 0.3) is 0 Å². The number of rotatable bonds is 5. The van der Waals surface area contributed by atoms with Crippen LogP contribution in [0.1, 0.15) is 19.0 Å². The maximum Gasteiger partial charge on any atom is 0.0924 e. The number of hydrogen-bond acceptors (Lipinski definition) is 2. The van der Waals surface area contributed by atoms with Gasteiger partial charge in [-0.3, -0.25) is 5.10 Å². The van der Waals surface area contributed by atoms with Crippen molar-refractivity contribution in [2.24, 2.45) is 0 Å². The third-order valence-corrected chi connectivity index (χ3v) is 2.73. The summed E-state index contributed by atoms with van der Waals surface area (Å²) in [4.78, 5) is 0. The van der Waals surface area contributed by atoms with Crippen LogP contribution in [0.4, 0.5) is 0 Å². The van der Waals surface area contributed by atoms with E-state index in [4.69, 9.17) is 11.6 Å². The van der Waals surface area contributed by atoms with Crippen molar-refractivity contribution < 1.29 is 0 Å². The Morgan fingerprint density at radius 3 is 3.00 bits per heavy atom. The maximum absolute atomic E-state index is 5.95. The van der Waals surface area contributed by atoms with Gasteiger partial charge in [-0.05, 0) is 31.2 Å². The molecule has 0 fully saturated rings. The van der Waals surface area contributed by atoms with Crippen LogP contribution in [-0.2, 0) is 6.54 Å². The maximum atomic E-state index is 5.95. The van der Waals surface area contributed by atoms with Gasteiger partial charge in [0.15, 0.2) is 0 Å². The highest BCUT2D eigenvalue weighted by Gasteiger charge is 2.03. The fraction of sp³-hybridized carbons (Fsp3) is 0.308. The largest absolute Gasteiger partial charge is 0.311 e. The van der Waals surface area contributed by atoms with Crippen molar-refractivity contribution in [1.82, 2.24) is 15.5 Å². The third-order valence-electron chi connectivity index (χ3n) is 2.49. The van der Waals surface area contributed by atoms with Crippen molar-refractivity contribution in [3.8, 4) is 11.3 Å². The Hall–Kier alpha value is -1.32. The van der Waals surface area contributed by atoms with Crippen LogP contribution in [0.15, 0.2) is 30.3 Å². The second kappa shape index (κ2) is 5.84. The van der Waals surface area contributed by atoms with Gasteiger partial charge in [0, 0.05) is 22.8 Å². The summed E-state index contributed by atoms with van der Waals surface area (Å²) < 4.78 is 0. The summed E-state index contributed by atoms with van der Waals surface area (Å²) in [6.45, 7) is 3.99. The van der Waals surface area contributed by atoms with Gasteiger partial charge in [-0.2, -0.15) is 5.10 Å². The molecule has 0 bridgehead atoms. The summed E-state index contributed by atoms with van der Waals surface area (Å²) >= 11 is 5.95. The highest BCUT2D eigenvalue weighted by atomic mass is 35.5. The molecule has 4 heteroatoms. The number of benzene rings is 1. The molecular weight excluding hydrogens is 234 g/mol. The highest BCUT2D eigenvalue weighted by molar-refractivity contribution is 6.30. The van der Waals surface area contributed by atoms with Gasteiger partial charge in [0.05, 0.1) is 5.69 Å². The lowest BCUT2D eigenvalue weighted by atomic mass is 10.1. The lowest BCUT2D eigenvalue weighted by Gasteiger charge is -1.98. The summed E-state index contributed by atoms with van der Waals surface area (Å²) in [5.74, 6) is 0. The van der Waals surface area contributed by atoms with Crippen molar-refractivity contribution >= 4 is 11.6 Å². The SMILES string of the molecule is CCCNCc1cc(-c2cccc(Cl)c2)n[nH]1. The molecule has 2 aromatic rings. The minimum atomic E-state index is 0.733. The van der Waals surface area contributed by atoms with E-state index in [2.05, 4.69) is 22.4 Å². The Balaban J connectivity index is 2.07. The summed E-state index contributed by atoms with van der Waals surface area (Å²) in [7, 11) is 0. The average molecular weight is 250 g/mol. The van der Waals surface area contributed by atoms with E-state index in [1.54, 1.807) is 0 Å². The number of nitrogens with zero attached hydrogens (tertiary/aromatic N) is 1. The Bertz CT molecular complexity index is 479. The molecule has 3 nitrogen and oxygen atoms in total. The number of aromatic amines is 1. The zero-order valence-corrected chi connectivity index (χ0v) is 10.6. The summed E-state index contributed by atoms with van der Waals surface area (Å²) in [6, 6.07) is 9.77. The van der Waals surface area contributed by atoms with Gasteiger partial charge >= 0.3 is 0 Å². The molecule has 90 valence electrons. The summed E-state index contributed by atoms with van der Waals surface area (Å²) in [5.41, 5.74) is 3.06. The van der Waals surface area contributed by atoms with E-state index in [9.17, 15) is 0 Å². The zero-order chi connectivity index (χ0) is 12.1. The minimum absolute atomic E-state index is 0.733. The van der Waals surface area contributed by atoms with Crippen molar-refractivity contribution in [3.63, 3.8) is 0 Å². The topological polar surface area (TPSA) is 40.7 Å². The lowest BCUT2D eigenvalue weighted by Crippen LogP contribution is -2.13. The number of hydrogen-bond donors (Lipinski definition) is 2. The molecule has 0 saturated carbocycles. The molecule has 1 heterocycles. The monoisotopic (exact) mass is 249 g/mol. The van der Waals surface area contributed by atoms with Crippen LogP contribution in [0.25, 0.3) is 11.3 Å². The fourth-order valence-electron chi connectivity index (χ4n) is 1.65. The van der Waals surface area contributed by atoms with Crippen LogP contribution < -0.4 is 5.32 Å². The van der Waals surface area contributed by atoms with Crippen LogP contribution in [0.3, 0.4) is 0 Å². The van der Waals surface area contributed by atoms with E-state index >= 15 is 0 Å². The van der Waals surface area contributed by atoms with Gasteiger partial charge in [-0.25, -0.2) is 0 Å². The molecule has 0 atom stereocenters. The number of halogens is 1. The molecule has 2 rings (SSSR count). The predicted molar refractivity (Wildman–Crippen MR) is 71.0 cm³/mol. The van der Waals surface area contributed by atoms with Crippen LogP contribution >= 0.6 is 11.6 Å². The number of nitrogens with one attached hydrogen (secondary N) is 2. The molecule has 0 aliphatic rings. The van der Waals surface area contributed by atoms with E-state index in [1.165, 1.54) is 0 Å². The number of aromatic nitrogens is 2. The predicted octanol–water partition coefficient (Wildman–Crippen LogP) is 3.23. The second-order valence-electron chi connectivity index (χ2n) is 3.97. The van der Waals surface area contributed by atoms with E-state index in [0.717, 1.165) is 41.5 Å². The normalized spacial score (nSPS) is 10.7. The van der Waals surface area contributed by atoms with Crippen molar-refractivity contribution in [2.45, 2.75) is 19.9 Å². The van der Waals surface area contributed by atoms with E-state index < -0.39 is 0 Å². The van der Waals surface area contributed by atoms with Gasteiger partial charge in [-0.1, -0.05) is 30.7 Å². The first-order valence-electron chi connectivity index (χ1n) is 5.80. The van der Waals surface area contributed by atoms with E-state index in [0.29, 0.717) is 0 Å². The van der Waals surface area contributed by atoms with Crippen molar-refractivity contribution in [3.05, 3.63) is 41.0 Å². The fourth-order valence-corrected chi connectivity index (χ4v) is 1.84. The Morgan fingerprint density at radius 1 is 1.35 bits per heavy atom. The van der Waals surface area contributed by atoms with Gasteiger partial charge in [0.2, 0.25) is 0 Å². The summed E-state index contributed by atoms with van der Waals surface area (Å²) in [6.07, 6.45) is 1.13. The van der Waals surface area contributed by atoms with Crippen LogP contribution in [0.5, 0.6) is 0 Å². The smallest absolute Gasteiger partial charge is 0.0924 e. The Labute approximate surface area is 106 Å².